The Hall–Kier alpha value is -0.600. The van der Waals surface area contributed by atoms with Crippen LogP contribution in [-0.4, -0.2) is 17.5 Å². The number of halogens is 1. The Labute approximate surface area is 83.2 Å². The van der Waals surface area contributed by atoms with Gasteiger partial charge < -0.3 is 4.74 Å². The molecule has 2 nitrogen and oxygen atoms in total. The monoisotopic (exact) mass is 200 g/mol. The minimum atomic E-state index is -0.498. The summed E-state index contributed by atoms with van der Waals surface area (Å²) in [7, 11) is 0. The molecule has 1 atom stereocenters. The number of hydrogen-bond donors (Lipinski definition) is 0. The Balaban J connectivity index is 2.69. The maximum absolute atomic E-state index is 10.8. The Morgan fingerprint density at radius 2 is 2.38 bits per heavy atom. The summed E-state index contributed by atoms with van der Waals surface area (Å²) in [6.45, 7) is 2.50. The van der Waals surface area contributed by atoms with E-state index >= 15 is 0 Å². The third kappa shape index (κ3) is 2.98. The summed E-state index contributed by atoms with van der Waals surface area (Å²) in [5, 5.41) is -0.353. The van der Waals surface area contributed by atoms with Gasteiger partial charge in [-0.2, -0.15) is 0 Å². The molecule has 72 valence electrons. The number of ether oxygens (including phenoxy) is 1. The average Bonchev–Trinajstić information content (AvgIpc) is 2.04. The highest BCUT2D eigenvalue weighted by Gasteiger charge is 2.29. The highest BCUT2D eigenvalue weighted by atomic mass is 35.5. The van der Waals surface area contributed by atoms with E-state index in [1.165, 1.54) is 0 Å². The molecule has 1 rings (SSSR count). The van der Waals surface area contributed by atoms with Crippen molar-refractivity contribution in [1.29, 1.82) is 0 Å². The summed E-state index contributed by atoms with van der Waals surface area (Å²) in [5.74, 6) is 0. The van der Waals surface area contributed by atoms with Gasteiger partial charge in [0.25, 0.3) is 0 Å². The van der Waals surface area contributed by atoms with Crippen molar-refractivity contribution in [1.82, 2.24) is 0 Å². The second-order valence-corrected chi connectivity index (χ2v) is 3.44. The van der Waals surface area contributed by atoms with Crippen LogP contribution >= 0.6 is 11.6 Å². The number of carbonyl (C=O) groups is 1. The molecule has 0 amide bonds. The van der Waals surface area contributed by atoms with E-state index in [0.717, 1.165) is 6.42 Å². The Kier molecular flexibility index (Phi) is 3.70. The van der Waals surface area contributed by atoms with Crippen molar-refractivity contribution in [3.05, 3.63) is 24.3 Å². The minimum absolute atomic E-state index is 0.239. The molecule has 0 N–H and O–H groups in total. The highest BCUT2D eigenvalue weighted by molar-refractivity contribution is 6.63. The quantitative estimate of drug-likeness (QED) is 0.652. The molecule has 0 radical (unpaired) electrons. The third-order valence-electron chi connectivity index (χ3n) is 1.98. The van der Waals surface area contributed by atoms with Gasteiger partial charge in [0.1, 0.15) is 0 Å². The lowest BCUT2D eigenvalue weighted by Gasteiger charge is -2.29. The zero-order chi connectivity index (χ0) is 9.73. The van der Waals surface area contributed by atoms with E-state index in [-0.39, 0.29) is 11.7 Å². The molecule has 1 aliphatic rings. The van der Waals surface area contributed by atoms with Crippen molar-refractivity contribution in [2.24, 2.45) is 0 Å². The zero-order valence-electron chi connectivity index (χ0n) is 7.63. The van der Waals surface area contributed by atoms with Gasteiger partial charge in [0.05, 0.1) is 12.0 Å². The number of carbonyl (C=O) groups excluding carboxylic acids is 1. The van der Waals surface area contributed by atoms with Crippen LogP contribution in [0.3, 0.4) is 0 Å². The molecule has 3 heteroatoms. The van der Waals surface area contributed by atoms with E-state index in [1.807, 2.05) is 31.2 Å². The topological polar surface area (TPSA) is 26.3 Å². The first-order valence-electron chi connectivity index (χ1n) is 4.35. The number of hydrogen-bond acceptors (Lipinski definition) is 2. The van der Waals surface area contributed by atoms with E-state index in [1.54, 1.807) is 0 Å². The molecule has 0 fully saturated rings. The summed E-state index contributed by atoms with van der Waals surface area (Å²) >= 11 is 5.36. The van der Waals surface area contributed by atoms with Crippen LogP contribution in [0.5, 0.6) is 0 Å². The largest absolute Gasteiger partial charge is 0.370 e. The van der Waals surface area contributed by atoms with Crippen LogP contribution in [0.25, 0.3) is 0 Å². The molecule has 0 aromatic heterocycles. The van der Waals surface area contributed by atoms with Crippen LogP contribution in [-0.2, 0) is 9.53 Å². The van der Waals surface area contributed by atoms with Crippen LogP contribution < -0.4 is 0 Å². The molecule has 0 aromatic carbocycles. The second kappa shape index (κ2) is 4.58. The lowest BCUT2D eigenvalue weighted by Crippen LogP contribution is -2.32. The standard InChI is InChI=1S/C10H13ClO2/c1-2-13-10(8-9(11)12)6-4-3-5-7-10/h3-6H,2,7-8H2,1H3. The van der Waals surface area contributed by atoms with Crippen molar-refractivity contribution in [3.8, 4) is 0 Å². The molecular weight excluding hydrogens is 188 g/mol. The molecule has 13 heavy (non-hydrogen) atoms. The van der Waals surface area contributed by atoms with Gasteiger partial charge in [-0.25, -0.2) is 0 Å². The van der Waals surface area contributed by atoms with Crippen LogP contribution in [0.15, 0.2) is 24.3 Å². The molecule has 0 aliphatic heterocycles. The van der Waals surface area contributed by atoms with Gasteiger partial charge in [-0.05, 0) is 24.9 Å². The van der Waals surface area contributed by atoms with Crippen LogP contribution in [0.2, 0.25) is 0 Å². The van der Waals surface area contributed by atoms with Gasteiger partial charge in [-0.1, -0.05) is 24.3 Å². The van der Waals surface area contributed by atoms with Gasteiger partial charge in [-0.3, -0.25) is 4.79 Å². The van der Waals surface area contributed by atoms with Gasteiger partial charge in [0.15, 0.2) is 0 Å². The minimum Gasteiger partial charge on any atom is -0.370 e. The van der Waals surface area contributed by atoms with E-state index < -0.39 is 5.60 Å². The number of rotatable bonds is 4. The summed E-state index contributed by atoms with van der Waals surface area (Å²) in [6.07, 6.45) is 8.67. The van der Waals surface area contributed by atoms with E-state index in [2.05, 4.69) is 0 Å². The zero-order valence-corrected chi connectivity index (χ0v) is 8.38. The molecule has 0 aromatic rings. The molecule has 0 saturated carbocycles. The SMILES string of the molecule is CCOC1(CC(=O)Cl)C=CC=CC1. The maximum atomic E-state index is 10.8. The van der Waals surface area contributed by atoms with Crippen molar-refractivity contribution < 1.29 is 9.53 Å². The Morgan fingerprint density at radius 1 is 1.62 bits per heavy atom. The first-order valence-corrected chi connectivity index (χ1v) is 4.73. The Morgan fingerprint density at radius 3 is 2.85 bits per heavy atom. The normalized spacial score (nSPS) is 26.3. The highest BCUT2D eigenvalue weighted by Crippen LogP contribution is 2.27. The molecule has 0 heterocycles. The van der Waals surface area contributed by atoms with Crippen molar-refractivity contribution in [2.75, 3.05) is 6.61 Å². The maximum Gasteiger partial charge on any atom is 0.224 e. The summed E-state index contributed by atoms with van der Waals surface area (Å²) in [5.41, 5.74) is -0.498. The fourth-order valence-electron chi connectivity index (χ4n) is 1.46. The lowest BCUT2D eigenvalue weighted by molar-refractivity contribution is -0.116. The van der Waals surface area contributed by atoms with Gasteiger partial charge in [-0.15, -0.1) is 0 Å². The Bertz CT molecular complexity index is 245. The first kappa shape index (κ1) is 10.5. The third-order valence-corrected chi connectivity index (χ3v) is 2.11. The summed E-state index contributed by atoms with van der Waals surface area (Å²) in [6, 6.07) is 0. The van der Waals surface area contributed by atoms with E-state index in [4.69, 9.17) is 16.3 Å². The predicted octanol–water partition coefficient (Wildman–Crippen LogP) is 2.43. The van der Waals surface area contributed by atoms with Crippen LogP contribution in [0.4, 0.5) is 0 Å². The average molecular weight is 201 g/mol. The van der Waals surface area contributed by atoms with Gasteiger partial charge in [0, 0.05) is 6.61 Å². The van der Waals surface area contributed by atoms with E-state index in [9.17, 15) is 4.79 Å². The predicted molar refractivity (Wildman–Crippen MR) is 52.7 cm³/mol. The molecule has 1 aliphatic carbocycles. The molecular formula is C10H13ClO2. The second-order valence-electron chi connectivity index (χ2n) is 3.02. The number of allylic oxidation sites excluding steroid dienone is 2. The van der Waals surface area contributed by atoms with Crippen LogP contribution in [0.1, 0.15) is 19.8 Å². The van der Waals surface area contributed by atoms with E-state index in [0.29, 0.717) is 6.61 Å². The van der Waals surface area contributed by atoms with Gasteiger partial charge >= 0.3 is 0 Å². The van der Waals surface area contributed by atoms with Crippen molar-refractivity contribution in [3.63, 3.8) is 0 Å². The lowest BCUT2D eigenvalue weighted by atomic mass is 9.92. The smallest absolute Gasteiger partial charge is 0.224 e. The van der Waals surface area contributed by atoms with Crippen molar-refractivity contribution >= 4 is 16.8 Å². The molecule has 0 spiro atoms. The molecule has 0 bridgehead atoms. The van der Waals surface area contributed by atoms with Crippen LogP contribution in [0, 0.1) is 0 Å². The molecule has 1 unspecified atom stereocenters. The summed E-state index contributed by atoms with van der Waals surface area (Å²) in [4.78, 5) is 10.8. The fraction of sp³-hybridized carbons (Fsp3) is 0.500. The fourth-order valence-corrected chi connectivity index (χ4v) is 1.68. The first-order chi connectivity index (χ1) is 6.18. The molecule has 0 saturated heterocycles. The van der Waals surface area contributed by atoms with Gasteiger partial charge in [0.2, 0.25) is 5.24 Å². The van der Waals surface area contributed by atoms with Crippen molar-refractivity contribution in [2.45, 2.75) is 25.4 Å². The summed E-state index contributed by atoms with van der Waals surface area (Å²) < 4.78 is 5.54.